The number of urea groups is 1. The Morgan fingerprint density at radius 3 is 2.63 bits per heavy atom. The maximum Gasteiger partial charge on any atom is 0.328 e. The normalized spacial score (nSPS) is 27.7. The maximum atomic E-state index is 13.2. The molecule has 4 aliphatic rings. The van der Waals surface area contributed by atoms with Gasteiger partial charge in [-0.05, 0) is 43.7 Å². The monoisotopic (exact) mass is 472 g/mol. The lowest BCUT2D eigenvalue weighted by Gasteiger charge is -2.42. The highest BCUT2D eigenvalue weighted by atomic mass is 16.3. The summed E-state index contributed by atoms with van der Waals surface area (Å²) in [4.78, 5) is 64.8. The summed E-state index contributed by atoms with van der Waals surface area (Å²) in [6, 6.07) is 4.09. The molecule has 3 aliphatic carbocycles. The van der Waals surface area contributed by atoms with Crippen LogP contribution in [0.3, 0.4) is 0 Å². The number of hydrogen-bond donors (Lipinski definition) is 2. The van der Waals surface area contributed by atoms with Crippen molar-refractivity contribution in [2.24, 2.45) is 23.5 Å². The van der Waals surface area contributed by atoms with Crippen LogP contribution in [0.15, 0.2) is 65.3 Å². The van der Waals surface area contributed by atoms with E-state index in [2.05, 4.69) is 6.58 Å². The summed E-state index contributed by atoms with van der Waals surface area (Å²) in [6.07, 6.45) is 5.46. The number of Topliss-reactive ketones (excluding diaryl/α,β-unsaturated/α-hetero) is 1. The molecule has 1 heterocycles. The van der Waals surface area contributed by atoms with Crippen LogP contribution in [-0.2, 0) is 25.6 Å². The van der Waals surface area contributed by atoms with Gasteiger partial charge in [-0.25, -0.2) is 4.79 Å². The largest absolute Gasteiger partial charge is 0.507 e. The number of nitrogens with zero attached hydrogens (tertiary/aromatic N) is 1. The number of nitrogens with two attached hydrogens (primary N) is 1. The quantitative estimate of drug-likeness (QED) is 0.394. The fraction of sp³-hybridized carbons (Fsp3) is 0.296. The molecule has 178 valence electrons. The molecule has 1 aromatic carbocycles. The Morgan fingerprint density at radius 1 is 1.20 bits per heavy atom. The number of allylic oxidation sites excluding steroid dienone is 7. The molecule has 5 rings (SSSR count). The van der Waals surface area contributed by atoms with Gasteiger partial charge in [0.1, 0.15) is 5.75 Å². The summed E-state index contributed by atoms with van der Waals surface area (Å²) in [5, 5.41) is 11.2. The number of ketones is 2. The number of primary amides is 1. The molecular weight excluding hydrogens is 448 g/mol. The smallest absolute Gasteiger partial charge is 0.328 e. The first-order valence-electron chi connectivity index (χ1n) is 11.5. The molecule has 0 radical (unpaired) electrons. The maximum absolute atomic E-state index is 13.2. The number of benzene rings is 1. The predicted octanol–water partition coefficient (Wildman–Crippen LogP) is 2.63. The second-order valence-electron chi connectivity index (χ2n) is 9.43. The van der Waals surface area contributed by atoms with E-state index < -0.39 is 41.5 Å². The number of hydrogen-bond acceptors (Lipinski definition) is 6. The van der Waals surface area contributed by atoms with E-state index in [0.717, 1.165) is 0 Å². The Kier molecular flexibility index (Phi) is 5.20. The number of carbonyl (C=O) groups is 5. The van der Waals surface area contributed by atoms with E-state index in [1.807, 2.05) is 6.08 Å². The Bertz CT molecular complexity index is 1350. The summed E-state index contributed by atoms with van der Waals surface area (Å²) >= 11 is 0. The van der Waals surface area contributed by atoms with Gasteiger partial charge in [-0.1, -0.05) is 35.9 Å². The van der Waals surface area contributed by atoms with Crippen molar-refractivity contribution in [3.63, 3.8) is 0 Å². The van der Waals surface area contributed by atoms with Crippen molar-refractivity contribution in [1.82, 2.24) is 4.90 Å². The number of aromatic hydroxyl groups is 1. The SMILES string of the molecule is C=CCc1cccc(C2C3=CCC4C(=O)N(C(N)=O)C(=O)C4C3CC3=C2C(=O)C=C(C)C3=O)c1O. The van der Waals surface area contributed by atoms with Crippen molar-refractivity contribution in [1.29, 1.82) is 0 Å². The van der Waals surface area contributed by atoms with Crippen LogP contribution in [0.5, 0.6) is 5.75 Å². The molecule has 3 N–H and O–H groups in total. The number of carbonyl (C=O) groups excluding carboxylic acids is 5. The third-order valence-electron chi connectivity index (χ3n) is 7.61. The molecule has 1 fully saturated rings. The van der Waals surface area contributed by atoms with Crippen molar-refractivity contribution in [2.45, 2.75) is 32.1 Å². The van der Waals surface area contributed by atoms with Gasteiger partial charge in [0, 0.05) is 28.2 Å². The molecule has 4 amide bonds. The van der Waals surface area contributed by atoms with Gasteiger partial charge in [0.15, 0.2) is 11.6 Å². The minimum absolute atomic E-state index is 0.00738. The molecule has 0 bridgehead atoms. The number of phenolic OH excluding ortho intramolecular Hbond substituents is 1. The van der Waals surface area contributed by atoms with Crippen LogP contribution in [0.4, 0.5) is 4.79 Å². The Hall–Kier alpha value is -4.07. The van der Waals surface area contributed by atoms with Gasteiger partial charge in [0.05, 0.1) is 11.8 Å². The lowest BCUT2D eigenvalue weighted by molar-refractivity contribution is -0.136. The number of imide groups is 3. The molecule has 35 heavy (non-hydrogen) atoms. The van der Waals surface area contributed by atoms with Gasteiger partial charge >= 0.3 is 6.03 Å². The summed E-state index contributed by atoms with van der Waals surface area (Å²) in [7, 11) is 0. The number of fused-ring (bicyclic) bond motifs is 3. The first-order valence-corrected chi connectivity index (χ1v) is 11.5. The average Bonchev–Trinajstić information content (AvgIpc) is 3.08. The van der Waals surface area contributed by atoms with Crippen molar-refractivity contribution in [2.75, 3.05) is 0 Å². The lowest BCUT2D eigenvalue weighted by Crippen LogP contribution is -2.42. The molecule has 4 unspecified atom stereocenters. The number of phenols is 1. The van der Waals surface area contributed by atoms with Crippen molar-refractivity contribution >= 4 is 29.4 Å². The second-order valence-corrected chi connectivity index (χ2v) is 9.43. The van der Waals surface area contributed by atoms with E-state index in [1.54, 1.807) is 31.2 Å². The standard InChI is InChI=1S/C27H24N2O6/c1-3-5-13-6-4-7-15(24(13)32)20-14-8-9-16-21(26(34)29(25(16)33)27(28)35)17(14)11-18-22(20)19(30)10-12(2)23(18)31/h3-4,6-8,10,16-17,20-21,32H,1,5,9,11H2,2H3,(H2,28,35). The molecule has 1 aromatic rings. The highest BCUT2D eigenvalue weighted by molar-refractivity contribution is 6.24. The first-order chi connectivity index (χ1) is 16.7. The zero-order valence-corrected chi connectivity index (χ0v) is 19.1. The van der Waals surface area contributed by atoms with Crippen LogP contribution in [0.25, 0.3) is 0 Å². The van der Waals surface area contributed by atoms with E-state index in [1.165, 1.54) is 6.08 Å². The Labute approximate surface area is 201 Å². The fourth-order valence-electron chi connectivity index (χ4n) is 6.12. The highest BCUT2D eigenvalue weighted by Crippen LogP contribution is 2.56. The van der Waals surface area contributed by atoms with Gasteiger partial charge in [-0.3, -0.25) is 19.2 Å². The fourth-order valence-corrected chi connectivity index (χ4v) is 6.12. The molecule has 0 aromatic heterocycles. The number of likely N-dealkylation sites (tertiary alicyclic amines) is 1. The van der Waals surface area contributed by atoms with Crippen LogP contribution < -0.4 is 5.73 Å². The lowest BCUT2D eigenvalue weighted by atomic mass is 9.59. The van der Waals surface area contributed by atoms with E-state index >= 15 is 0 Å². The van der Waals surface area contributed by atoms with Gasteiger partial charge in [0.2, 0.25) is 11.8 Å². The van der Waals surface area contributed by atoms with E-state index in [9.17, 15) is 29.1 Å². The van der Waals surface area contributed by atoms with E-state index in [4.69, 9.17) is 5.73 Å². The summed E-state index contributed by atoms with van der Waals surface area (Å²) < 4.78 is 0. The van der Waals surface area contributed by atoms with Crippen LogP contribution in [0, 0.1) is 17.8 Å². The average molecular weight is 472 g/mol. The molecule has 0 spiro atoms. The van der Waals surface area contributed by atoms with E-state index in [0.29, 0.717) is 33.6 Å². The third kappa shape index (κ3) is 3.16. The van der Waals surface area contributed by atoms with Crippen LogP contribution >= 0.6 is 0 Å². The van der Waals surface area contributed by atoms with Crippen molar-refractivity contribution in [3.8, 4) is 5.75 Å². The molecule has 1 saturated heterocycles. The third-order valence-corrected chi connectivity index (χ3v) is 7.61. The summed E-state index contributed by atoms with van der Waals surface area (Å²) in [5.74, 6) is -4.94. The molecule has 0 saturated carbocycles. The first kappa shape index (κ1) is 22.7. The minimum atomic E-state index is -1.12. The minimum Gasteiger partial charge on any atom is -0.507 e. The van der Waals surface area contributed by atoms with Gasteiger partial charge < -0.3 is 10.8 Å². The van der Waals surface area contributed by atoms with Crippen molar-refractivity contribution in [3.05, 3.63) is 76.4 Å². The number of amides is 4. The molecule has 4 atom stereocenters. The van der Waals surface area contributed by atoms with Crippen LogP contribution in [0.2, 0.25) is 0 Å². The van der Waals surface area contributed by atoms with Crippen LogP contribution in [-0.4, -0.2) is 39.4 Å². The molecule has 1 aliphatic heterocycles. The second kappa shape index (κ2) is 8.01. The summed E-state index contributed by atoms with van der Waals surface area (Å²) in [6.45, 7) is 5.29. The summed E-state index contributed by atoms with van der Waals surface area (Å²) in [5.41, 5.74) is 7.95. The van der Waals surface area contributed by atoms with E-state index in [-0.39, 0.29) is 41.3 Å². The zero-order chi connectivity index (χ0) is 25.2. The molecule has 8 heteroatoms. The van der Waals surface area contributed by atoms with Crippen molar-refractivity contribution < 1.29 is 29.1 Å². The Morgan fingerprint density at radius 2 is 1.94 bits per heavy atom. The Balaban J connectivity index is 1.72. The topological polar surface area (TPSA) is 135 Å². The van der Waals surface area contributed by atoms with Crippen LogP contribution in [0.1, 0.15) is 36.8 Å². The zero-order valence-electron chi connectivity index (χ0n) is 19.1. The predicted molar refractivity (Wildman–Crippen MR) is 125 cm³/mol. The molecular formula is C27H24N2O6. The molecule has 8 nitrogen and oxygen atoms in total. The van der Waals surface area contributed by atoms with Gasteiger partial charge in [-0.15, -0.1) is 6.58 Å². The highest BCUT2D eigenvalue weighted by Gasteiger charge is 2.57. The number of para-hydroxylation sites is 1. The van der Waals surface area contributed by atoms with Gasteiger partial charge in [0.25, 0.3) is 0 Å². The number of rotatable bonds is 3. The van der Waals surface area contributed by atoms with Gasteiger partial charge in [-0.2, -0.15) is 4.90 Å².